The number of hydrogen-bond acceptors (Lipinski definition) is 4. The average molecular weight is 491 g/mol. The predicted molar refractivity (Wildman–Crippen MR) is 112 cm³/mol. The lowest BCUT2D eigenvalue weighted by molar-refractivity contribution is -0.376. The highest BCUT2D eigenvalue weighted by molar-refractivity contribution is 5.91. The Morgan fingerprint density at radius 3 is 2.03 bits per heavy atom. The summed E-state index contributed by atoms with van der Waals surface area (Å²) in [5, 5.41) is 12.3. The smallest absolute Gasteiger partial charge is 0.430 e. The molecule has 0 atom stereocenters. The number of amides is 1. The lowest BCUT2D eigenvalue weighted by atomic mass is 9.87. The molecule has 0 bridgehead atoms. The van der Waals surface area contributed by atoms with Crippen LogP contribution in [0.25, 0.3) is 11.1 Å². The van der Waals surface area contributed by atoms with Gasteiger partial charge in [-0.25, -0.2) is 0 Å². The average Bonchev–Trinajstić information content (AvgIpc) is 2.77. The van der Waals surface area contributed by atoms with E-state index in [9.17, 15) is 41.0 Å². The van der Waals surface area contributed by atoms with Crippen LogP contribution in [0, 0.1) is 0 Å². The van der Waals surface area contributed by atoms with E-state index in [1.54, 1.807) is 19.1 Å². The van der Waals surface area contributed by atoms with Crippen LogP contribution in [-0.2, 0) is 26.3 Å². The minimum Gasteiger partial charge on any atom is -0.469 e. The number of anilines is 1. The zero-order chi connectivity index (χ0) is 25.7. The van der Waals surface area contributed by atoms with Crippen molar-refractivity contribution in [2.75, 3.05) is 12.4 Å². The molecule has 2 rings (SSSR count). The first-order chi connectivity index (χ1) is 15.7. The Balaban J connectivity index is 2.25. The number of esters is 1. The largest absolute Gasteiger partial charge is 0.469 e. The first-order valence-electron chi connectivity index (χ1n) is 10.2. The van der Waals surface area contributed by atoms with Gasteiger partial charge in [-0.05, 0) is 41.7 Å². The molecular weight excluding hydrogens is 468 g/mol. The second-order valence-corrected chi connectivity index (χ2v) is 7.49. The van der Waals surface area contributed by atoms with Crippen molar-refractivity contribution in [3.63, 3.8) is 0 Å². The quantitative estimate of drug-likeness (QED) is 0.377. The number of nitrogens with one attached hydrogen (secondary N) is 1. The van der Waals surface area contributed by atoms with Crippen molar-refractivity contribution in [2.45, 2.75) is 50.6 Å². The van der Waals surface area contributed by atoms with E-state index in [-0.39, 0.29) is 30.7 Å². The molecular formula is C23H23F6NO4. The molecule has 0 fully saturated rings. The van der Waals surface area contributed by atoms with Crippen molar-refractivity contribution in [1.29, 1.82) is 0 Å². The lowest BCUT2D eigenvalue weighted by Gasteiger charge is -2.33. The molecule has 2 N–H and O–H groups in total. The second-order valence-electron chi connectivity index (χ2n) is 7.49. The SMILES string of the molecule is CCc1cc(C(O)(C(F)(F)F)C(F)(F)F)ccc1-c1ccc(NC(=O)CCCC(=O)OC)cc1. The van der Waals surface area contributed by atoms with E-state index < -0.39 is 29.5 Å². The molecule has 34 heavy (non-hydrogen) atoms. The van der Waals surface area contributed by atoms with E-state index in [4.69, 9.17) is 0 Å². The number of methoxy groups -OCH3 is 1. The first-order valence-corrected chi connectivity index (χ1v) is 10.2. The van der Waals surface area contributed by atoms with Gasteiger partial charge in [-0.1, -0.05) is 37.3 Å². The van der Waals surface area contributed by atoms with Crippen LogP contribution >= 0.6 is 0 Å². The molecule has 0 unspecified atom stereocenters. The van der Waals surface area contributed by atoms with Gasteiger partial charge in [0.1, 0.15) is 0 Å². The maximum Gasteiger partial charge on any atom is 0.430 e. The molecule has 0 saturated heterocycles. The summed E-state index contributed by atoms with van der Waals surface area (Å²) in [6.45, 7) is 1.56. The highest BCUT2D eigenvalue weighted by atomic mass is 19.4. The van der Waals surface area contributed by atoms with Crippen molar-refractivity contribution in [1.82, 2.24) is 0 Å². The van der Waals surface area contributed by atoms with Gasteiger partial charge in [0.2, 0.25) is 5.91 Å². The summed E-state index contributed by atoms with van der Waals surface area (Å²) in [5.74, 6) is -0.771. The Bertz CT molecular complexity index is 1000. The van der Waals surface area contributed by atoms with Crippen LogP contribution in [-0.4, -0.2) is 36.4 Å². The minimum absolute atomic E-state index is 0.0830. The van der Waals surface area contributed by atoms with Crippen LogP contribution in [0.2, 0.25) is 0 Å². The molecule has 0 radical (unpaired) electrons. The number of carbonyl (C=O) groups excluding carboxylic acids is 2. The number of ether oxygens (including phenoxy) is 1. The number of hydrogen-bond donors (Lipinski definition) is 2. The fourth-order valence-corrected chi connectivity index (χ4v) is 3.33. The Labute approximate surface area is 191 Å². The number of aliphatic hydroxyl groups is 1. The molecule has 11 heteroatoms. The molecule has 5 nitrogen and oxygen atoms in total. The van der Waals surface area contributed by atoms with Gasteiger partial charge in [-0.3, -0.25) is 9.59 Å². The summed E-state index contributed by atoms with van der Waals surface area (Å²) in [5.41, 5.74) is -4.84. The third kappa shape index (κ3) is 5.88. The molecule has 0 aliphatic heterocycles. The second kappa shape index (κ2) is 10.5. The monoisotopic (exact) mass is 491 g/mol. The Hall–Kier alpha value is -3.08. The maximum atomic E-state index is 13.2. The van der Waals surface area contributed by atoms with E-state index >= 15 is 0 Å². The number of aryl methyl sites for hydroxylation is 1. The summed E-state index contributed by atoms with van der Waals surface area (Å²) in [6.07, 6.45) is -11.3. The molecule has 1 amide bonds. The summed E-state index contributed by atoms with van der Waals surface area (Å²) in [4.78, 5) is 23.0. The fraction of sp³-hybridized carbons (Fsp3) is 0.391. The van der Waals surface area contributed by atoms with Crippen LogP contribution in [0.1, 0.15) is 37.3 Å². The van der Waals surface area contributed by atoms with Crippen LogP contribution < -0.4 is 5.32 Å². The van der Waals surface area contributed by atoms with Crippen molar-refractivity contribution < 1.29 is 45.8 Å². The third-order valence-electron chi connectivity index (χ3n) is 5.22. The summed E-state index contributed by atoms with van der Waals surface area (Å²) >= 11 is 0. The summed E-state index contributed by atoms with van der Waals surface area (Å²) < 4.78 is 83.7. The Morgan fingerprint density at radius 1 is 0.941 bits per heavy atom. The van der Waals surface area contributed by atoms with Gasteiger partial charge in [0.15, 0.2) is 0 Å². The van der Waals surface area contributed by atoms with Gasteiger partial charge in [-0.2, -0.15) is 26.3 Å². The molecule has 0 aliphatic rings. The standard InChI is InChI=1S/C23H23F6NO4/c1-3-14-13-16(21(33,22(24,25)26)23(27,28)29)9-12-18(14)15-7-10-17(11-8-15)30-19(31)5-4-6-20(32)34-2/h7-13,33H,3-6H2,1-2H3,(H,30,31). The van der Waals surface area contributed by atoms with Crippen molar-refractivity contribution in [3.8, 4) is 11.1 Å². The summed E-state index contributed by atoms with van der Waals surface area (Å²) in [6, 6.07) is 8.57. The van der Waals surface area contributed by atoms with Gasteiger partial charge < -0.3 is 15.2 Å². The molecule has 0 saturated carbocycles. The highest BCUT2D eigenvalue weighted by Gasteiger charge is 2.71. The number of benzene rings is 2. The number of carbonyl (C=O) groups is 2. The molecule has 0 aliphatic carbocycles. The zero-order valence-corrected chi connectivity index (χ0v) is 18.3. The minimum atomic E-state index is -5.96. The normalized spacial score (nSPS) is 12.4. The van der Waals surface area contributed by atoms with Crippen molar-refractivity contribution in [2.24, 2.45) is 0 Å². The topological polar surface area (TPSA) is 75.6 Å². The first kappa shape index (κ1) is 27.2. The van der Waals surface area contributed by atoms with Gasteiger partial charge in [0.25, 0.3) is 5.60 Å². The molecule has 186 valence electrons. The van der Waals surface area contributed by atoms with Gasteiger partial charge >= 0.3 is 18.3 Å². The predicted octanol–water partition coefficient (Wildman–Crippen LogP) is 5.51. The van der Waals surface area contributed by atoms with E-state index in [0.717, 1.165) is 6.07 Å². The highest BCUT2D eigenvalue weighted by Crippen LogP contribution is 2.50. The van der Waals surface area contributed by atoms with E-state index in [0.29, 0.717) is 35.4 Å². The molecule has 2 aromatic rings. The van der Waals surface area contributed by atoms with Crippen LogP contribution in [0.5, 0.6) is 0 Å². The van der Waals surface area contributed by atoms with Crippen LogP contribution in [0.4, 0.5) is 32.0 Å². The van der Waals surface area contributed by atoms with Crippen molar-refractivity contribution in [3.05, 3.63) is 53.6 Å². The van der Waals surface area contributed by atoms with Crippen LogP contribution in [0.3, 0.4) is 0 Å². The van der Waals surface area contributed by atoms with Gasteiger partial charge in [0, 0.05) is 24.1 Å². The molecule has 0 heterocycles. The Morgan fingerprint density at radius 2 is 1.53 bits per heavy atom. The van der Waals surface area contributed by atoms with E-state index in [1.807, 2.05) is 0 Å². The van der Waals surface area contributed by atoms with Gasteiger partial charge in [-0.15, -0.1) is 0 Å². The summed E-state index contributed by atoms with van der Waals surface area (Å²) in [7, 11) is 1.24. The molecule has 0 spiro atoms. The maximum absolute atomic E-state index is 13.2. The van der Waals surface area contributed by atoms with Gasteiger partial charge in [0.05, 0.1) is 7.11 Å². The van der Waals surface area contributed by atoms with Crippen molar-refractivity contribution >= 4 is 17.6 Å². The van der Waals surface area contributed by atoms with E-state index in [2.05, 4.69) is 10.1 Å². The third-order valence-corrected chi connectivity index (χ3v) is 5.22. The number of alkyl halides is 6. The fourth-order valence-electron chi connectivity index (χ4n) is 3.33. The Kier molecular flexibility index (Phi) is 8.35. The number of halogens is 6. The number of rotatable bonds is 8. The molecule has 0 aromatic heterocycles. The molecule has 2 aromatic carbocycles. The van der Waals surface area contributed by atoms with Crippen LogP contribution in [0.15, 0.2) is 42.5 Å². The zero-order valence-electron chi connectivity index (χ0n) is 18.3. The van der Waals surface area contributed by atoms with E-state index in [1.165, 1.54) is 19.2 Å². The lowest BCUT2D eigenvalue weighted by Crippen LogP contribution is -2.53.